The molecule has 1 heterocycles. The summed E-state index contributed by atoms with van der Waals surface area (Å²) in [5, 5.41) is 9.09. The number of hydrogen-bond acceptors (Lipinski definition) is 4. The minimum Gasteiger partial charge on any atom is -0.491 e. The molecule has 18 heavy (non-hydrogen) atoms. The summed E-state index contributed by atoms with van der Waals surface area (Å²) in [6.07, 6.45) is 0.145. The van der Waals surface area contributed by atoms with Gasteiger partial charge in [0, 0.05) is 18.4 Å². The molecule has 0 fully saturated rings. The third-order valence-electron chi connectivity index (χ3n) is 2.64. The summed E-state index contributed by atoms with van der Waals surface area (Å²) in [5.41, 5.74) is 1.88. The number of aliphatic hydroxyl groups is 1. The number of ether oxygens (including phenoxy) is 1. The van der Waals surface area contributed by atoms with Gasteiger partial charge in [-0.05, 0) is 26.0 Å². The Kier molecular flexibility index (Phi) is 4.14. The number of rotatable bonds is 5. The Morgan fingerprint density at radius 3 is 2.83 bits per heavy atom. The van der Waals surface area contributed by atoms with E-state index in [4.69, 9.17) is 9.84 Å². The van der Waals surface area contributed by atoms with Gasteiger partial charge in [0.25, 0.3) is 0 Å². The summed E-state index contributed by atoms with van der Waals surface area (Å²) < 4.78 is 7.63. The van der Waals surface area contributed by atoms with Gasteiger partial charge < -0.3 is 14.4 Å². The van der Waals surface area contributed by atoms with Gasteiger partial charge in [-0.15, -0.1) is 0 Å². The first-order valence-electron chi connectivity index (χ1n) is 6.03. The van der Waals surface area contributed by atoms with Crippen LogP contribution in [0.1, 0.15) is 19.7 Å². The van der Waals surface area contributed by atoms with Gasteiger partial charge >= 0.3 is 0 Å². The van der Waals surface area contributed by atoms with Crippen molar-refractivity contribution in [3.05, 3.63) is 24.0 Å². The number of aliphatic hydroxyl groups excluding tert-OH is 1. The van der Waals surface area contributed by atoms with Crippen molar-refractivity contribution in [2.45, 2.75) is 32.2 Å². The van der Waals surface area contributed by atoms with Crippen LogP contribution in [0.3, 0.4) is 0 Å². The van der Waals surface area contributed by atoms with Crippen LogP contribution >= 0.6 is 12.6 Å². The Labute approximate surface area is 112 Å². The normalized spacial score (nSPS) is 11.4. The molecule has 0 unspecified atom stereocenters. The Balaban J connectivity index is 2.45. The van der Waals surface area contributed by atoms with Crippen molar-refractivity contribution in [1.29, 1.82) is 0 Å². The fourth-order valence-corrected chi connectivity index (χ4v) is 2.22. The number of aromatic nitrogens is 2. The lowest BCUT2D eigenvalue weighted by Crippen LogP contribution is -2.06. The molecule has 98 valence electrons. The summed E-state index contributed by atoms with van der Waals surface area (Å²) in [6, 6.07) is 5.83. The first-order valence-corrected chi connectivity index (χ1v) is 6.66. The van der Waals surface area contributed by atoms with Gasteiger partial charge in [-0.1, -0.05) is 0 Å². The van der Waals surface area contributed by atoms with Crippen molar-refractivity contribution < 1.29 is 9.84 Å². The molecule has 1 aromatic carbocycles. The van der Waals surface area contributed by atoms with Gasteiger partial charge in [0.1, 0.15) is 11.6 Å². The fraction of sp³-hybridized carbons (Fsp3) is 0.462. The molecule has 1 N–H and O–H groups in total. The zero-order chi connectivity index (χ0) is 13.1. The Morgan fingerprint density at radius 2 is 2.22 bits per heavy atom. The van der Waals surface area contributed by atoms with Gasteiger partial charge in [0.2, 0.25) is 0 Å². The molecule has 0 amide bonds. The smallest absolute Gasteiger partial charge is 0.121 e. The first kappa shape index (κ1) is 13.2. The predicted octanol–water partition coefficient (Wildman–Crippen LogP) is 2.25. The van der Waals surface area contributed by atoms with Crippen molar-refractivity contribution in [1.82, 2.24) is 9.55 Å². The molecule has 0 aliphatic heterocycles. The number of imidazole rings is 1. The highest BCUT2D eigenvalue weighted by atomic mass is 32.1. The monoisotopic (exact) mass is 266 g/mol. The van der Waals surface area contributed by atoms with Crippen molar-refractivity contribution in [3.8, 4) is 5.75 Å². The van der Waals surface area contributed by atoms with E-state index in [-0.39, 0.29) is 12.7 Å². The molecule has 5 heteroatoms. The maximum atomic E-state index is 9.09. The Morgan fingerprint density at radius 1 is 1.44 bits per heavy atom. The van der Waals surface area contributed by atoms with E-state index in [0.29, 0.717) is 12.3 Å². The second-order valence-electron chi connectivity index (χ2n) is 4.38. The summed E-state index contributed by atoms with van der Waals surface area (Å²) in [7, 11) is 0. The van der Waals surface area contributed by atoms with Gasteiger partial charge in [0.05, 0.1) is 23.7 Å². The number of nitrogens with zero attached hydrogens (tertiary/aromatic N) is 2. The van der Waals surface area contributed by atoms with Gasteiger partial charge in [-0.25, -0.2) is 4.98 Å². The van der Waals surface area contributed by atoms with E-state index in [1.807, 2.05) is 36.6 Å². The highest BCUT2D eigenvalue weighted by molar-refractivity contribution is 7.79. The SMILES string of the molecule is CC(C)Oc1ccc2c(c1)nc(CS)n2CCO. The van der Waals surface area contributed by atoms with E-state index < -0.39 is 0 Å². The molecule has 0 saturated heterocycles. The molecule has 1 aromatic heterocycles. The van der Waals surface area contributed by atoms with E-state index in [9.17, 15) is 0 Å². The predicted molar refractivity (Wildman–Crippen MR) is 75.3 cm³/mol. The van der Waals surface area contributed by atoms with Crippen LogP contribution in [0.25, 0.3) is 11.0 Å². The maximum Gasteiger partial charge on any atom is 0.121 e. The van der Waals surface area contributed by atoms with Crippen molar-refractivity contribution in [2.75, 3.05) is 6.61 Å². The second kappa shape index (κ2) is 5.63. The topological polar surface area (TPSA) is 47.3 Å². The van der Waals surface area contributed by atoms with Crippen LogP contribution in [-0.4, -0.2) is 27.4 Å². The van der Waals surface area contributed by atoms with E-state index in [2.05, 4.69) is 17.6 Å². The lowest BCUT2D eigenvalue weighted by molar-refractivity contribution is 0.242. The summed E-state index contributed by atoms with van der Waals surface area (Å²) >= 11 is 4.27. The largest absolute Gasteiger partial charge is 0.491 e. The molecule has 2 rings (SSSR count). The van der Waals surface area contributed by atoms with E-state index in [1.54, 1.807) is 0 Å². The highest BCUT2D eigenvalue weighted by Crippen LogP contribution is 2.23. The number of benzene rings is 1. The van der Waals surface area contributed by atoms with Crippen molar-refractivity contribution in [3.63, 3.8) is 0 Å². The lowest BCUT2D eigenvalue weighted by Gasteiger charge is -2.09. The van der Waals surface area contributed by atoms with Crippen LogP contribution < -0.4 is 4.74 Å². The van der Waals surface area contributed by atoms with Gasteiger partial charge in [-0.2, -0.15) is 12.6 Å². The van der Waals surface area contributed by atoms with E-state index >= 15 is 0 Å². The quantitative estimate of drug-likeness (QED) is 0.816. The molecule has 0 aliphatic carbocycles. The molecular weight excluding hydrogens is 248 g/mol. The van der Waals surface area contributed by atoms with Crippen LogP contribution in [0.5, 0.6) is 5.75 Å². The standard InChI is InChI=1S/C13H18N2O2S/c1-9(2)17-10-3-4-12-11(7-10)14-13(8-18)15(12)5-6-16/h3-4,7,9,16,18H,5-6,8H2,1-2H3. The molecule has 0 atom stereocenters. The number of hydrogen-bond donors (Lipinski definition) is 2. The Bertz CT molecular complexity index is 537. The zero-order valence-electron chi connectivity index (χ0n) is 10.6. The van der Waals surface area contributed by atoms with Crippen LogP contribution in [-0.2, 0) is 12.3 Å². The fourth-order valence-electron chi connectivity index (χ4n) is 1.98. The average Bonchev–Trinajstić information content (AvgIpc) is 2.66. The summed E-state index contributed by atoms with van der Waals surface area (Å²) in [5.74, 6) is 2.23. The van der Waals surface area contributed by atoms with Crippen LogP contribution in [0.4, 0.5) is 0 Å². The van der Waals surface area contributed by atoms with Crippen LogP contribution in [0, 0.1) is 0 Å². The maximum absolute atomic E-state index is 9.09. The molecule has 0 bridgehead atoms. The zero-order valence-corrected chi connectivity index (χ0v) is 11.5. The van der Waals surface area contributed by atoms with Gasteiger partial charge in [0.15, 0.2) is 0 Å². The van der Waals surface area contributed by atoms with E-state index in [0.717, 1.165) is 22.6 Å². The lowest BCUT2D eigenvalue weighted by atomic mass is 10.3. The number of thiol groups is 1. The minimum atomic E-state index is 0.0937. The highest BCUT2D eigenvalue weighted by Gasteiger charge is 2.10. The second-order valence-corrected chi connectivity index (χ2v) is 4.69. The molecule has 0 saturated carbocycles. The number of fused-ring (bicyclic) bond motifs is 1. The third-order valence-corrected chi connectivity index (χ3v) is 2.92. The molecule has 0 radical (unpaired) electrons. The van der Waals surface area contributed by atoms with E-state index in [1.165, 1.54) is 0 Å². The van der Waals surface area contributed by atoms with Crippen LogP contribution in [0.2, 0.25) is 0 Å². The molecule has 0 spiro atoms. The Hall–Kier alpha value is -1.20. The van der Waals surface area contributed by atoms with Crippen molar-refractivity contribution >= 4 is 23.7 Å². The summed E-state index contributed by atoms with van der Waals surface area (Å²) in [4.78, 5) is 4.51. The molecule has 0 aliphatic rings. The van der Waals surface area contributed by atoms with Crippen LogP contribution in [0.15, 0.2) is 18.2 Å². The van der Waals surface area contributed by atoms with Gasteiger partial charge in [-0.3, -0.25) is 0 Å². The van der Waals surface area contributed by atoms with Crippen molar-refractivity contribution in [2.24, 2.45) is 0 Å². The third kappa shape index (κ3) is 2.62. The minimum absolute atomic E-state index is 0.0937. The summed E-state index contributed by atoms with van der Waals surface area (Å²) in [6.45, 7) is 4.62. The first-order chi connectivity index (χ1) is 8.65. The molecule has 2 aromatic rings. The average molecular weight is 266 g/mol. The molecular formula is C13H18N2O2S. The molecule has 4 nitrogen and oxygen atoms in total.